The third-order valence-electron chi connectivity index (χ3n) is 2.75. The predicted octanol–water partition coefficient (Wildman–Crippen LogP) is 2.48. The first-order valence-corrected chi connectivity index (χ1v) is 4.91. The Morgan fingerprint density at radius 1 is 1.25 bits per heavy atom. The first-order valence-electron chi connectivity index (χ1n) is 4.91. The van der Waals surface area contributed by atoms with Gasteiger partial charge in [-0.25, -0.2) is 0 Å². The molecule has 1 heterocycles. The van der Waals surface area contributed by atoms with Gasteiger partial charge in [-0.2, -0.15) is 13.2 Å². The molecular formula is C11H10F3NO. The molecule has 5 heteroatoms. The Labute approximate surface area is 90.7 Å². The standard InChI is InChI=1S/C11H10F3NO/c12-11(13,14)8-1-3-9(4-2-8)15-6-5-10(15)7-16/h1-4,7,10H,5-6H2. The average molecular weight is 229 g/mol. The minimum atomic E-state index is -4.31. The monoisotopic (exact) mass is 229 g/mol. The highest BCUT2D eigenvalue weighted by Gasteiger charge is 2.31. The van der Waals surface area contributed by atoms with Crippen LogP contribution in [0.2, 0.25) is 0 Å². The van der Waals surface area contributed by atoms with Gasteiger partial charge in [0.05, 0.1) is 11.6 Å². The molecule has 0 N–H and O–H groups in total. The molecule has 2 rings (SSSR count). The van der Waals surface area contributed by atoms with E-state index < -0.39 is 11.7 Å². The van der Waals surface area contributed by atoms with Crippen LogP contribution in [-0.2, 0) is 11.0 Å². The molecule has 1 aliphatic heterocycles. The molecule has 0 saturated carbocycles. The Hall–Kier alpha value is -1.52. The van der Waals surface area contributed by atoms with Crippen LogP contribution in [0.3, 0.4) is 0 Å². The summed E-state index contributed by atoms with van der Waals surface area (Å²) in [7, 11) is 0. The summed E-state index contributed by atoms with van der Waals surface area (Å²) in [5, 5.41) is 0. The normalized spacial score (nSPS) is 20.4. The molecule has 1 aromatic rings. The molecule has 0 bridgehead atoms. The van der Waals surface area contributed by atoms with E-state index in [1.54, 1.807) is 4.90 Å². The Morgan fingerprint density at radius 3 is 2.25 bits per heavy atom. The molecule has 1 unspecified atom stereocenters. The third kappa shape index (κ3) is 1.89. The lowest BCUT2D eigenvalue weighted by Gasteiger charge is -2.39. The molecule has 0 spiro atoms. The number of rotatable bonds is 2. The quantitative estimate of drug-likeness (QED) is 0.726. The van der Waals surface area contributed by atoms with E-state index in [-0.39, 0.29) is 6.04 Å². The molecule has 86 valence electrons. The van der Waals surface area contributed by atoms with Crippen LogP contribution in [0, 0.1) is 0 Å². The van der Waals surface area contributed by atoms with Crippen LogP contribution in [0.15, 0.2) is 24.3 Å². The van der Waals surface area contributed by atoms with Gasteiger partial charge in [0.25, 0.3) is 0 Å². The van der Waals surface area contributed by atoms with Crippen molar-refractivity contribution in [2.75, 3.05) is 11.4 Å². The van der Waals surface area contributed by atoms with Crippen LogP contribution < -0.4 is 4.90 Å². The Balaban J connectivity index is 2.17. The second-order valence-corrected chi connectivity index (χ2v) is 3.73. The van der Waals surface area contributed by atoms with Crippen LogP contribution in [-0.4, -0.2) is 18.9 Å². The van der Waals surface area contributed by atoms with Gasteiger partial charge in [-0.15, -0.1) is 0 Å². The van der Waals surface area contributed by atoms with Crippen molar-refractivity contribution in [3.63, 3.8) is 0 Å². The second kappa shape index (κ2) is 3.81. The summed E-state index contributed by atoms with van der Waals surface area (Å²) in [6.45, 7) is 0.717. The van der Waals surface area contributed by atoms with Crippen LogP contribution in [0.5, 0.6) is 0 Å². The lowest BCUT2D eigenvalue weighted by atomic mass is 10.0. The third-order valence-corrected chi connectivity index (χ3v) is 2.75. The number of alkyl halides is 3. The van der Waals surface area contributed by atoms with Gasteiger partial charge in [-0.1, -0.05) is 0 Å². The fourth-order valence-corrected chi connectivity index (χ4v) is 1.71. The maximum atomic E-state index is 12.3. The number of carbonyl (C=O) groups excluding carboxylic acids is 1. The number of nitrogens with zero attached hydrogens (tertiary/aromatic N) is 1. The van der Waals surface area contributed by atoms with Crippen LogP contribution >= 0.6 is 0 Å². The molecule has 0 aliphatic carbocycles. The van der Waals surface area contributed by atoms with Gasteiger partial charge in [0.1, 0.15) is 6.29 Å². The van der Waals surface area contributed by atoms with E-state index in [0.29, 0.717) is 5.69 Å². The number of benzene rings is 1. The van der Waals surface area contributed by atoms with Crippen molar-refractivity contribution in [1.29, 1.82) is 0 Å². The lowest BCUT2D eigenvalue weighted by Crippen LogP contribution is -2.48. The topological polar surface area (TPSA) is 20.3 Å². The number of aldehydes is 1. The van der Waals surface area contributed by atoms with Gasteiger partial charge in [0, 0.05) is 12.2 Å². The minimum Gasteiger partial charge on any atom is -0.362 e. The largest absolute Gasteiger partial charge is 0.416 e. The summed E-state index contributed by atoms with van der Waals surface area (Å²) in [5.41, 5.74) is -0.00391. The van der Waals surface area contributed by atoms with Crippen LogP contribution in [0.25, 0.3) is 0 Å². The fraction of sp³-hybridized carbons (Fsp3) is 0.364. The van der Waals surface area contributed by atoms with Gasteiger partial charge in [-0.3, -0.25) is 0 Å². The summed E-state index contributed by atoms with van der Waals surface area (Å²) in [6, 6.07) is 4.69. The Morgan fingerprint density at radius 2 is 1.88 bits per heavy atom. The molecule has 1 saturated heterocycles. The van der Waals surface area contributed by atoms with Crippen LogP contribution in [0.1, 0.15) is 12.0 Å². The van der Waals surface area contributed by atoms with Crippen LogP contribution in [0.4, 0.5) is 18.9 Å². The zero-order chi connectivity index (χ0) is 11.8. The van der Waals surface area contributed by atoms with Crippen molar-refractivity contribution >= 4 is 12.0 Å². The molecule has 1 aliphatic rings. The van der Waals surface area contributed by atoms with Crippen molar-refractivity contribution in [1.82, 2.24) is 0 Å². The SMILES string of the molecule is O=CC1CCN1c1ccc(C(F)(F)F)cc1. The van der Waals surface area contributed by atoms with Crippen molar-refractivity contribution in [3.8, 4) is 0 Å². The lowest BCUT2D eigenvalue weighted by molar-refractivity contribution is -0.137. The maximum absolute atomic E-state index is 12.3. The summed E-state index contributed by atoms with van der Waals surface area (Å²) in [5.74, 6) is 0. The number of carbonyl (C=O) groups is 1. The van der Waals surface area contributed by atoms with Gasteiger partial charge >= 0.3 is 6.18 Å². The zero-order valence-corrected chi connectivity index (χ0v) is 8.37. The molecule has 0 radical (unpaired) electrons. The molecule has 16 heavy (non-hydrogen) atoms. The maximum Gasteiger partial charge on any atom is 0.416 e. The van der Waals surface area contributed by atoms with E-state index in [1.807, 2.05) is 0 Å². The summed E-state index contributed by atoms with van der Waals surface area (Å²) >= 11 is 0. The van der Waals surface area contributed by atoms with E-state index >= 15 is 0 Å². The van der Waals surface area contributed by atoms with E-state index in [2.05, 4.69) is 0 Å². The highest BCUT2D eigenvalue weighted by atomic mass is 19.4. The van der Waals surface area contributed by atoms with Gasteiger partial charge in [-0.05, 0) is 30.7 Å². The van der Waals surface area contributed by atoms with E-state index in [9.17, 15) is 18.0 Å². The van der Waals surface area contributed by atoms with Crippen molar-refractivity contribution in [2.24, 2.45) is 0 Å². The summed E-state index contributed by atoms with van der Waals surface area (Å²) < 4.78 is 36.9. The Bertz CT molecular complexity index is 385. The van der Waals surface area contributed by atoms with Crippen molar-refractivity contribution in [3.05, 3.63) is 29.8 Å². The molecule has 2 nitrogen and oxygen atoms in total. The number of hydrogen-bond donors (Lipinski definition) is 0. The second-order valence-electron chi connectivity index (χ2n) is 3.73. The van der Waals surface area contributed by atoms with E-state index in [1.165, 1.54) is 12.1 Å². The minimum absolute atomic E-state index is 0.184. The Kier molecular flexibility index (Phi) is 2.61. The molecule has 1 atom stereocenters. The molecular weight excluding hydrogens is 219 g/mol. The van der Waals surface area contributed by atoms with E-state index in [4.69, 9.17) is 0 Å². The van der Waals surface area contributed by atoms with Crippen molar-refractivity contribution in [2.45, 2.75) is 18.6 Å². The molecule has 1 fully saturated rings. The zero-order valence-electron chi connectivity index (χ0n) is 8.37. The predicted molar refractivity (Wildman–Crippen MR) is 53.3 cm³/mol. The van der Waals surface area contributed by atoms with Gasteiger partial charge < -0.3 is 9.69 Å². The summed E-state index contributed by atoms with van der Waals surface area (Å²) in [4.78, 5) is 12.4. The molecule has 0 amide bonds. The smallest absolute Gasteiger partial charge is 0.362 e. The number of hydrogen-bond acceptors (Lipinski definition) is 2. The fourth-order valence-electron chi connectivity index (χ4n) is 1.71. The summed E-state index contributed by atoms with van der Waals surface area (Å²) in [6.07, 6.45) is -2.72. The molecule has 1 aromatic carbocycles. The highest BCUT2D eigenvalue weighted by molar-refractivity contribution is 5.69. The molecule has 0 aromatic heterocycles. The van der Waals surface area contributed by atoms with Gasteiger partial charge in [0.15, 0.2) is 0 Å². The van der Waals surface area contributed by atoms with Gasteiger partial charge in [0.2, 0.25) is 0 Å². The first kappa shape index (κ1) is 11.0. The number of anilines is 1. The first-order chi connectivity index (χ1) is 7.52. The van der Waals surface area contributed by atoms with E-state index in [0.717, 1.165) is 31.4 Å². The highest BCUT2D eigenvalue weighted by Crippen LogP contribution is 2.32. The average Bonchev–Trinajstić information content (AvgIpc) is 2.16. The number of halogens is 3. The van der Waals surface area contributed by atoms with Crippen molar-refractivity contribution < 1.29 is 18.0 Å².